The molecule has 3 rings (SSSR count). The monoisotopic (exact) mass is 366 g/mol. The largest absolute Gasteiger partial charge is 0.487 e. The summed E-state index contributed by atoms with van der Waals surface area (Å²) in [5, 5.41) is 0. The van der Waals surface area contributed by atoms with E-state index in [1.54, 1.807) is 28.6 Å². The molecule has 0 aromatic heterocycles. The number of carbonyl (C=O) groups excluding carboxylic acids is 1. The number of ether oxygens (including phenoxy) is 1. The summed E-state index contributed by atoms with van der Waals surface area (Å²) < 4.78 is 33.9. The van der Waals surface area contributed by atoms with Crippen molar-refractivity contribution in [1.29, 1.82) is 0 Å². The van der Waals surface area contributed by atoms with Gasteiger partial charge >= 0.3 is 0 Å². The van der Waals surface area contributed by atoms with Crippen LogP contribution in [-0.2, 0) is 14.8 Å². The van der Waals surface area contributed by atoms with Crippen LogP contribution < -0.4 is 4.74 Å². The van der Waals surface area contributed by atoms with E-state index in [4.69, 9.17) is 4.74 Å². The van der Waals surface area contributed by atoms with Crippen LogP contribution in [0.2, 0.25) is 0 Å². The van der Waals surface area contributed by atoms with Gasteiger partial charge in [0.15, 0.2) is 0 Å². The lowest BCUT2D eigenvalue weighted by atomic mass is 10.1. The van der Waals surface area contributed by atoms with Crippen molar-refractivity contribution in [3.05, 3.63) is 24.3 Å². The van der Waals surface area contributed by atoms with Gasteiger partial charge in [0.25, 0.3) is 0 Å². The van der Waals surface area contributed by atoms with Gasteiger partial charge in [0.1, 0.15) is 16.7 Å². The second-order valence-electron chi connectivity index (χ2n) is 6.59. The van der Waals surface area contributed by atoms with Crippen LogP contribution in [0.4, 0.5) is 0 Å². The Labute approximate surface area is 149 Å². The molecule has 1 saturated heterocycles. The number of carbonyl (C=O) groups is 1. The molecular formula is C18H26N2O4S. The molecule has 0 N–H and O–H groups in total. The first-order valence-corrected chi connectivity index (χ1v) is 10.5. The summed E-state index contributed by atoms with van der Waals surface area (Å²) >= 11 is 0. The number of fused-ring (bicyclic) bond motifs is 2. The normalized spacial score (nSPS) is 25.9. The van der Waals surface area contributed by atoms with Crippen molar-refractivity contribution in [2.75, 3.05) is 19.6 Å². The predicted molar refractivity (Wildman–Crippen MR) is 94.9 cm³/mol. The van der Waals surface area contributed by atoms with Crippen LogP contribution >= 0.6 is 0 Å². The topological polar surface area (TPSA) is 66.9 Å². The summed E-state index contributed by atoms with van der Waals surface area (Å²) in [6, 6.07) is 6.59. The zero-order valence-electron chi connectivity index (χ0n) is 14.8. The zero-order chi connectivity index (χ0) is 18.0. The molecule has 1 amide bonds. The molecule has 1 fully saturated rings. The quantitative estimate of drug-likeness (QED) is 0.823. The maximum Gasteiger partial charge on any atom is 0.247 e. The Morgan fingerprint density at radius 3 is 2.64 bits per heavy atom. The maximum absolute atomic E-state index is 13.1. The van der Waals surface area contributed by atoms with E-state index in [0.717, 1.165) is 6.42 Å². The molecule has 2 atom stereocenters. The fourth-order valence-corrected chi connectivity index (χ4v) is 5.59. The van der Waals surface area contributed by atoms with E-state index in [9.17, 15) is 13.2 Å². The number of hydrogen-bond acceptors (Lipinski definition) is 4. The van der Waals surface area contributed by atoms with Crippen LogP contribution in [0.25, 0.3) is 0 Å². The molecule has 25 heavy (non-hydrogen) atoms. The Bertz CT molecular complexity index is 734. The molecule has 2 heterocycles. The van der Waals surface area contributed by atoms with Crippen molar-refractivity contribution < 1.29 is 17.9 Å². The van der Waals surface area contributed by atoms with Gasteiger partial charge < -0.3 is 9.64 Å². The number of sulfonamides is 1. The standard InChI is InChI=1S/C18H26N2O4S/c1-3-7-18(21)19-12-10-14-15(11-13-19)24-16-8-5-6-9-17(16)25(22,23)20(14)4-2/h5-6,8-9,14-15H,3-4,7,10-13H2,1-2H3/t14-,15+/m1/s1. The van der Waals surface area contributed by atoms with Crippen LogP contribution in [0.15, 0.2) is 29.2 Å². The number of amides is 1. The zero-order valence-corrected chi connectivity index (χ0v) is 15.7. The second kappa shape index (κ2) is 7.33. The molecule has 0 aliphatic carbocycles. The Morgan fingerprint density at radius 2 is 1.92 bits per heavy atom. The molecule has 0 saturated carbocycles. The SMILES string of the molecule is CCCC(=O)N1CC[C@@H]2Oc3ccccc3S(=O)(=O)N(CC)[C@@H]2CC1. The molecule has 0 bridgehead atoms. The van der Waals surface area contributed by atoms with E-state index in [1.165, 1.54) is 0 Å². The molecule has 6 nitrogen and oxygen atoms in total. The van der Waals surface area contributed by atoms with Crippen molar-refractivity contribution in [1.82, 2.24) is 9.21 Å². The van der Waals surface area contributed by atoms with Crippen molar-refractivity contribution in [2.45, 2.75) is 56.6 Å². The lowest BCUT2D eigenvalue weighted by molar-refractivity contribution is -0.131. The number of benzene rings is 1. The summed E-state index contributed by atoms with van der Waals surface area (Å²) in [6.07, 6.45) is 2.36. The van der Waals surface area contributed by atoms with Gasteiger partial charge in [0.2, 0.25) is 15.9 Å². The van der Waals surface area contributed by atoms with E-state index in [2.05, 4.69) is 0 Å². The Hall–Kier alpha value is -1.60. The molecular weight excluding hydrogens is 340 g/mol. The van der Waals surface area contributed by atoms with Crippen LogP contribution in [0.3, 0.4) is 0 Å². The van der Waals surface area contributed by atoms with Gasteiger partial charge in [0.05, 0.1) is 6.04 Å². The smallest absolute Gasteiger partial charge is 0.247 e. The summed E-state index contributed by atoms with van der Waals surface area (Å²) in [6.45, 7) is 5.42. The average molecular weight is 366 g/mol. The van der Waals surface area contributed by atoms with Gasteiger partial charge in [-0.2, -0.15) is 4.31 Å². The first kappa shape index (κ1) is 18.2. The van der Waals surface area contributed by atoms with Gasteiger partial charge in [0, 0.05) is 32.5 Å². The van der Waals surface area contributed by atoms with E-state index in [0.29, 0.717) is 44.6 Å². The highest BCUT2D eigenvalue weighted by molar-refractivity contribution is 7.89. The van der Waals surface area contributed by atoms with Gasteiger partial charge in [-0.05, 0) is 25.0 Å². The first-order valence-electron chi connectivity index (χ1n) is 9.04. The van der Waals surface area contributed by atoms with Crippen molar-refractivity contribution in [2.24, 2.45) is 0 Å². The van der Waals surface area contributed by atoms with E-state index >= 15 is 0 Å². The lowest BCUT2D eigenvalue weighted by Crippen LogP contribution is -2.47. The van der Waals surface area contributed by atoms with Crippen molar-refractivity contribution >= 4 is 15.9 Å². The third-order valence-electron chi connectivity index (χ3n) is 5.02. The van der Waals surface area contributed by atoms with Gasteiger partial charge in [-0.25, -0.2) is 8.42 Å². The van der Waals surface area contributed by atoms with E-state index in [-0.39, 0.29) is 22.9 Å². The molecule has 1 aromatic rings. The minimum absolute atomic E-state index is 0.144. The van der Waals surface area contributed by atoms with Gasteiger partial charge in [-0.15, -0.1) is 0 Å². The number of likely N-dealkylation sites (tertiary alicyclic amines) is 1. The number of hydrogen-bond donors (Lipinski definition) is 0. The average Bonchev–Trinajstić information content (AvgIpc) is 2.83. The Kier molecular flexibility index (Phi) is 5.34. The maximum atomic E-state index is 13.1. The van der Waals surface area contributed by atoms with E-state index in [1.807, 2.05) is 18.7 Å². The number of likely N-dealkylation sites (N-methyl/N-ethyl adjacent to an activating group) is 1. The number of para-hydroxylation sites is 1. The highest BCUT2D eigenvalue weighted by Crippen LogP contribution is 2.36. The number of nitrogens with zero attached hydrogens (tertiary/aromatic N) is 2. The molecule has 2 aliphatic heterocycles. The third kappa shape index (κ3) is 3.40. The fraction of sp³-hybridized carbons (Fsp3) is 0.611. The van der Waals surface area contributed by atoms with Gasteiger partial charge in [-0.3, -0.25) is 4.79 Å². The fourth-order valence-electron chi connectivity index (χ4n) is 3.78. The minimum atomic E-state index is -3.60. The van der Waals surface area contributed by atoms with Gasteiger partial charge in [-0.1, -0.05) is 26.0 Å². The number of rotatable bonds is 3. The first-order chi connectivity index (χ1) is 12.0. The molecule has 0 spiro atoms. The molecule has 1 aromatic carbocycles. The second-order valence-corrected chi connectivity index (χ2v) is 8.45. The Balaban J connectivity index is 1.94. The molecule has 0 radical (unpaired) electrons. The molecule has 2 aliphatic rings. The summed E-state index contributed by atoms with van der Waals surface area (Å²) in [4.78, 5) is 14.3. The molecule has 138 valence electrons. The minimum Gasteiger partial charge on any atom is -0.487 e. The summed E-state index contributed by atoms with van der Waals surface area (Å²) in [5.74, 6) is 0.562. The lowest BCUT2D eigenvalue weighted by Gasteiger charge is -2.30. The van der Waals surface area contributed by atoms with Crippen molar-refractivity contribution in [3.8, 4) is 5.75 Å². The predicted octanol–water partition coefficient (Wildman–Crippen LogP) is 2.25. The molecule has 0 unspecified atom stereocenters. The van der Waals surface area contributed by atoms with Crippen LogP contribution in [0.5, 0.6) is 5.75 Å². The summed E-state index contributed by atoms with van der Waals surface area (Å²) in [7, 11) is -3.60. The molecule has 7 heteroatoms. The third-order valence-corrected chi connectivity index (χ3v) is 7.06. The summed E-state index contributed by atoms with van der Waals surface area (Å²) in [5.41, 5.74) is 0. The highest BCUT2D eigenvalue weighted by Gasteiger charge is 2.42. The van der Waals surface area contributed by atoms with E-state index < -0.39 is 10.0 Å². The van der Waals surface area contributed by atoms with Crippen molar-refractivity contribution in [3.63, 3.8) is 0 Å². The highest BCUT2D eigenvalue weighted by atomic mass is 32.2. The van der Waals surface area contributed by atoms with Crippen LogP contribution in [-0.4, -0.2) is 55.3 Å². The van der Waals surface area contributed by atoms with Crippen LogP contribution in [0, 0.1) is 0 Å². The Morgan fingerprint density at radius 1 is 1.20 bits per heavy atom. The van der Waals surface area contributed by atoms with Crippen LogP contribution in [0.1, 0.15) is 39.5 Å².